The molecule has 1 fully saturated rings. The fourth-order valence-electron chi connectivity index (χ4n) is 2.51. The van der Waals surface area contributed by atoms with Gasteiger partial charge in [0.1, 0.15) is 12.1 Å². The maximum Gasteiger partial charge on any atom is 0.245 e. The first-order chi connectivity index (χ1) is 9.93. The monoisotopic (exact) mass is 328 g/mol. The Balaban J connectivity index is 2.30. The zero-order valence-corrected chi connectivity index (χ0v) is 13.5. The number of rotatable bonds is 4. The molecule has 6 heteroatoms. The van der Waals surface area contributed by atoms with Gasteiger partial charge in [0.25, 0.3) is 0 Å². The Kier molecular flexibility index (Phi) is 5.12. The van der Waals surface area contributed by atoms with Gasteiger partial charge < -0.3 is 10.2 Å². The highest BCUT2D eigenvalue weighted by Crippen LogP contribution is 2.25. The van der Waals surface area contributed by atoms with E-state index in [-0.39, 0.29) is 11.8 Å². The van der Waals surface area contributed by atoms with Crippen LogP contribution in [0.2, 0.25) is 10.0 Å². The van der Waals surface area contributed by atoms with Crippen molar-refractivity contribution in [2.75, 3.05) is 0 Å². The first-order valence-electron chi connectivity index (χ1n) is 6.98. The largest absolute Gasteiger partial charge is 0.343 e. The fraction of sp³-hybridized carbons (Fsp3) is 0.467. The molecule has 2 rings (SSSR count). The molecule has 1 aromatic carbocycles. The Labute approximate surface area is 134 Å². The Hall–Kier alpha value is -1.26. The maximum absolute atomic E-state index is 12.4. The minimum atomic E-state index is -0.511. The molecule has 0 aliphatic carbocycles. The van der Waals surface area contributed by atoms with Crippen molar-refractivity contribution in [3.05, 3.63) is 33.8 Å². The molecule has 4 nitrogen and oxygen atoms in total. The molecule has 1 aromatic rings. The van der Waals surface area contributed by atoms with E-state index < -0.39 is 12.1 Å². The van der Waals surface area contributed by atoms with Gasteiger partial charge in [-0.3, -0.25) is 9.59 Å². The molecule has 1 aliphatic heterocycles. The van der Waals surface area contributed by atoms with Crippen molar-refractivity contribution >= 4 is 35.0 Å². The highest BCUT2D eigenvalue weighted by atomic mass is 35.5. The van der Waals surface area contributed by atoms with Crippen LogP contribution in [-0.2, 0) is 16.1 Å². The van der Waals surface area contributed by atoms with E-state index in [9.17, 15) is 9.59 Å². The van der Waals surface area contributed by atoms with Gasteiger partial charge in [-0.2, -0.15) is 0 Å². The number of piperazine rings is 1. The van der Waals surface area contributed by atoms with Crippen LogP contribution in [0.1, 0.15) is 32.3 Å². The Morgan fingerprint density at radius 3 is 2.67 bits per heavy atom. The van der Waals surface area contributed by atoms with Crippen molar-refractivity contribution in [1.82, 2.24) is 10.2 Å². The lowest BCUT2D eigenvalue weighted by Gasteiger charge is -2.38. The summed E-state index contributed by atoms with van der Waals surface area (Å²) in [5.74, 6) is -0.203. The van der Waals surface area contributed by atoms with E-state index in [1.54, 1.807) is 30.0 Å². The summed E-state index contributed by atoms with van der Waals surface area (Å²) in [6.45, 7) is 3.97. The van der Waals surface area contributed by atoms with Gasteiger partial charge in [0.15, 0.2) is 0 Å². The smallest absolute Gasteiger partial charge is 0.245 e. The molecular weight excluding hydrogens is 311 g/mol. The van der Waals surface area contributed by atoms with Crippen LogP contribution in [0.4, 0.5) is 0 Å². The Bertz CT molecular complexity index is 563. The second-order valence-electron chi connectivity index (χ2n) is 5.24. The van der Waals surface area contributed by atoms with Crippen LogP contribution in [0.3, 0.4) is 0 Å². The minimum absolute atomic E-state index is 0.0934. The molecule has 1 aliphatic rings. The third-order valence-electron chi connectivity index (χ3n) is 3.60. The zero-order chi connectivity index (χ0) is 15.6. The summed E-state index contributed by atoms with van der Waals surface area (Å²) >= 11 is 12.1. The molecule has 1 saturated heterocycles. The SMILES string of the molecule is CCCC1C(=O)NC(C)C(=O)N1Cc1cc(Cl)ccc1Cl. The molecule has 0 bridgehead atoms. The number of hydrogen-bond donors (Lipinski definition) is 1. The van der Waals surface area contributed by atoms with Gasteiger partial charge in [0.2, 0.25) is 11.8 Å². The van der Waals surface area contributed by atoms with E-state index in [1.165, 1.54) is 0 Å². The zero-order valence-electron chi connectivity index (χ0n) is 12.0. The van der Waals surface area contributed by atoms with Crippen molar-refractivity contribution < 1.29 is 9.59 Å². The number of amides is 2. The summed E-state index contributed by atoms with van der Waals surface area (Å²) in [6, 6.07) is 4.17. The highest BCUT2D eigenvalue weighted by Gasteiger charge is 2.38. The number of nitrogens with one attached hydrogen (secondary N) is 1. The topological polar surface area (TPSA) is 49.4 Å². The molecule has 0 saturated carbocycles. The summed E-state index contributed by atoms with van der Waals surface area (Å²) in [5.41, 5.74) is 0.750. The number of carbonyl (C=O) groups excluding carboxylic acids is 2. The second kappa shape index (κ2) is 6.67. The average Bonchev–Trinajstić information content (AvgIpc) is 2.43. The van der Waals surface area contributed by atoms with Crippen molar-refractivity contribution in [1.29, 1.82) is 0 Å². The van der Waals surface area contributed by atoms with Gasteiger partial charge >= 0.3 is 0 Å². The van der Waals surface area contributed by atoms with Crippen molar-refractivity contribution in [3.8, 4) is 0 Å². The average molecular weight is 329 g/mol. The lowest BCUT2D eigenvalue weighted by atomic mass is 10.0. The molecule has 0 aromatic heterocycles. The van der Waals surface area contributed by atoms with Gasteiger partial charge in [0.05, 0.1) is 0 Å². The molecule has 0 radical (unpaired) electrons. The van der Waals surface area contributed by atoms with E-state index >= 15 is 0 Å². The first-order valence-corrected chi connectivity index (χ1v) is 7.74. The van der Waals surface area contributed by atoms with Crippen LogP contribution in [0, 0.1) is 0 Å². The van der Waals surface area contributed by atoms with Gasteiger partial charge in [-0.15, -0.1) is 0 Å². The van der Waals surface area contributed by atoms with E-state index in [4.69, 9.17) is 23.2 Å². The Morgan fingerprint density at radius 2 is 2.00 bits per heavy atom. The summed E-state index contributed by atoms with van der Waals surface area (Å²) in [4.78, 5) is 26.1. The number of halogens is 2. The molecule has 21 heavy (non-hydrogen) atoms. The molecule has 1 heterocycles. The molecule has 1 N–H and O–H groups in total. The van der Waals surface area contributed by atoms with Gasteiger partial charge in [-0.05, 0) is 37.1 Å². The van der Waals surface area contributed by atoms with Crippen LogP contribution >= 0.6 is 23.2 Å². The second-order valence-corrected chi connectivity index (χ2v) is 6.08. The third kappa shape index (κ3) is 3.50. The van der Waals surface area contributed by atoms with Crippen LogP contribution in [0.25, 0.3) is 0 Å². The highest BCUT2D eigenvalue weighted by molar-refractivity contribution is 6.33. The predicted octanol–water partition coefficient (Wildman–Crippen LogP) is 3.01. The van der Waals surface area contributed by atoms with E-state index in [0.29, 0.717) is 23.0 Å². The van der Waals surface area contributed by atoms with Gasteiger partial charge in [-0.25, -0.2) is 0 Å². The molecule has 114 valence electrons. The maximum atomic E-state index is 12.4. The molecule has 2 atom stereocenters. The van der Waals surface area contributed by atoms with Crippen molar-refractivity contribution in [2.45, 2.75) is 45.3 Å². The van der Waals surface area contributed by atoms with E-state index in [1.807, 2.05) is 6.92 Å². The van der Waals surface area contributed by atoms with Crippen molar-refractivity contribution in [2.24, 2.45) is 0 Å². The van der Waals surface area contributed by atoms with E-state index in [0.717, 1.165) is 12.0 Å². The standard InChI is InChI=1S/C15H18Cl2N2O2/c1-3-4-13-14(20)18-9(2)15(21)19(13)8-10-7-11(16)5-6-12(10)17/h5-7,9,13H,3-4,8H2,1-2H3,(H,18,20). The van der Waals surface area contributed by atoms with Crippen LogP contribution < -0.4 is 5.32 Å². The molecule has 2 unspecified atom stereocenters. The third-order valence-corrected chi connectivity index (χ3v) is 4.21. The number of carbonyl (C=O) groups is 2. The normalized spacial score (nSPS) is 22.4. The molecule has 0 spiro atoms. The summed E-state index contributed by atoms with van der Waals surface area (Å²) in [6.07, 6.45) is 1.45. The predicted molar refractivity (Wildman–Crippen MR) is 83.3 cm³/mol. The minimum Gasteiger partial charge on any atom is -0.343 e. The number of hydrogen-bond acceptors (Lipinski definition) is 2. The summed E-state index contributed by atoms with van der Waals surface area (Å²) < 4.78 is 0. The van der Waals surface area contributed by atoms with Gasteiger partial charge in [0, 0.05) is 16.6 Å². The number of benzene rings is 1. The lowest BCUT2D eigenvalue weighted by molar-refractivity contribution is -0.149. The molecule has 2 amide bonds. The van der Waals surface area contributed by atoms with Crippen LogP contribution in [-0.4, -0.2) is 28.8 Å². The van der Waals surface area contributed by atoms with E-state index in [2.05, 4.69) is 5.32 Å². The Morgan fingerprint density at radius 1 is 1.29 bits per heavy atom. The van der Waals surface area contributed by atoms with Crippen molar-refractivity contribution in [3.63, 3.8) is 0 Å². The summed E-state index contributed by atoms with van der Waals surface area (Å²) in [5, 5.41) is 3.82. The first kappa shape index (κ1) is 16.1. The summed E-state index contributed by atoms with van der Waals surface area (Å²) in [7, 11) is 0. The fourth-order valence-corrected chi connectivity index (χ4v) is 2.88. The molecular formula is C15H18Cl2N2O2. The quantitative estimate of drug-likeness (QED) is 0.923. The lowest BCUT2D eigenvalue weighted by Crippen LogP contribution is -2.61. The number of nitrogens with zero attached hydrogens (tertiary/aromatic N) is 1. The van der Waals surface area contributed by atoms with Crippen LogP contribution in [0.5, 0.6) is 0 Å². The van der Waals surface area contributed by atoms with Crippen LogP contribution in [0.15, 0.2) is 18.2 Å². The van der Waals surface area contributed by atoms with Gasteiger partial charge in [-0.1, -0.05) is 36.5 Å².